The molecule has 21 heavy (non-hydrogen) atoms. The van der Waals surface area contributed by atoms with Crippen LogP contribution in [-0.4, -0.2) is 13.1 Å². The highest BCUT2D eigenvalue weighted by Crippen LogP contribution is 2.34. The number of nitrogens with two attached hydrogens (primary N) is 1. The second-order valence-electron chi connectivity index (χ2n) is 6.52. The summed E-state index contributed by atoms with van der Waals surface area (Å²) in [6, 6.07) is 13.8. The van der Waals surface area contributed by atoms with E-state index in [4.69, 9.17) is 5.73 Å². The summed E-state index contributed by atoms with van der Waals surface area (Å²) in [5, 5.41) is 2.63. The van der Waals surface area contributed by atoms with Crippen LogP contribution in [0.15, 0.2) is 36.4 Å². The zero-order valence-electron chi connectivity index (χ0n) is 13.2. The van der Waals surface area contributed by atoms with Crippen LogP contribution in [0, 0.1) is 5.92 Å². The molecular weight excluding hydrogens is 256 g/mol. The molecule has 112 valence electrons. The zero-order valence-corrected chi connectivity index (χ0v) is 13.2. The average molecular weight is 282 g/mol. The summed E-state index contributed by atoms with van der Waals surface area (Å²) in [5.74, 6) is 0.894. The van der Waals surface area contributed by atoms with Gasteiger partial charge in [-0.3, -0.25) is 0 Å². The van der Waals surface area contributed by atoms with Crippen molar-refractivity contribution in [2.24, 2.45) is 11.7 Å². The Morgan fingerprint density at radius 3 is 2.33 bits per heavy atom. The Morgan fingerprint density at radius 1 is 1.00 bits per heavy atom. The van der Waals surface area contributed by atoms with Gasteiger partial charge in [-0.2, -0.15) is 0 Å². The van der Waals surface area contributed by atoms with Gasteiger partial charge in [0.2, 0.25) is 0 Å². The Labute approximate surface area is 127 Å². The molecule has 0 saturated heterocycles. The molecule has 0 aromatic heterocycles. The molecular formula is C19H26N2. The maximum absolute atomic E-state index is 5.89. The van der Waals surface area contributed by atoms with E-state index in [9.17, 15) is 0 Å². The molecule has 0 unspecified atom stereocenters. The van der Waals surface area contributed by atoms with Gasteiger partial charge in [-0.05, 0) is 48.6 Å². The Morgan fingerprint density at radius 2 is 1.67 bits per heavy atom. The van der Waals surface area contributed by atoms with Gasteiger partial charge in [0.25, 0.3) is 0 Å². The predicted octanol–water partition coefficient (Wildman–Crippen LogP) is 4.31. The van der Waals surface area contributed by atoms with Crippen LogP contribution in [0.4, 0.5) is 5.69 Å². The third-order valence-electron chi connectivity index (χ3n) is 5.12. The number of rotatable bonds is 3. The Balaban J connectivity index is 1.96. The minimum Gasteiger partial charge on any atom is -0.371 e. The van der Waals surface area contributed by atoms with Crippen molar-refractivity contribution in [1.29, 1.82) is 0 Å². The first kappa shape index (κ1) is 14.4. The molecule has 0 amide bonds. The largest absolute Gasteiger partial charge is 0.371 e. The lowest BCUT2D eigenvalue weighted by atomic mass is 9.86. The monoisotopic (exact) mass is 282 g/mol. The normalized spacial score (nSPS) is 22.4. The van der Waals surface area contributed by atoms with Crippen LogP contribution >= 0.6 is 0 Å². The number of fused-ring (bicyclic) bond motifs is 1. The standard InChI is InChI=1S/C19H26N2/c1-14-7-10-16(11-8-14)21(2)19-12-9-15(13-20)17-5-3-4-6-18(17)19/h3-6,9,12,14,16H,7-8,10-11,13,20H2,1-2H3. The van der Waals surface area contributed by atoms with Crippen molar-refractivity contribution in [1.82, 2.24) is 0 Å². The van der Waals surface area contributed by atoms with Crippen molar-refractivity contribution in [3.05, 3.63) is 42.0 Å². The fourth-order valence-electron chi connectivity index (χ4n) is 3.66. The van der Waals surface area contributed by atoms with Crippen LogP contribution < -0.4 is 10.6 Å². The summed E-state index contributed by atoms with van der Waals surface area (Å²) >= 11 is 0. The SMILES string of the molecule is CC1CCC(N(C)c2ccc(CN)c3ccccc23)CC1. The second-order valence-corrected chi connectivity index (χ2v) is 6.52. The molecule has 1 saturated carbocycles. The minimum absolute atomic E-state index is 0.603. The quantitative estimate of drug-likeness (QED) is 0.908. The Bertz CT molecular complexity index is 612. The van der Waals surface area contributed by atoms with Crippen molar-refractivity contribution in [3.8, 4) is 0 Å². The molecule has 2 aromatic rings. The molecule has 2 nitrogen and oxygen atoms in total. The number of hydrogen-bond acceptors (Lipinski definition) is 2. The summed E-state index contributed by atoms with van der Waals surface area (Å²) < 4.78 is 0. The summed E-state index contributed by atoms with van der Waals surface area (Å²) in [6.07, 6.45) is 5.33. The van der Waals surface area contributed by atoms with Crippen molar-refractivity contribution in [2.75, 3.05) is 11.9 Å². The number of hydrogen-bond donors (Lipinski definition) is 1. The molecule has 0 aliphatic heterocycles. The fraction of sp³-hybridized carbons (Fsp3) is 0.474. The molecule has 2 aromatic carbocycles. The molecule has 2 heteroatoms. The smallest absolute Gasteiger partial charge is 0.0446 e. The molecule has 1 aliphatic rings. The molecule has 0 heterocycles. The van der Waals surface area contributed by atoms with Crippen LogP contribution in [0.1, 0.15) is 38.2 Å². The van der Waals surface area contributed by atoms with Gasteiger partial charge < -0.3 is 10.6 Å². The lowest BCUT2D eigenvalue weighted by molar-refractivity contribution is 0.341. The van der Waals surface area contributed by atoms with Gasteiger partial charge in [0, 0.05) is 30.7 Å². The van der Waals surface area contributed by atoms with E-state index >= 15 is 0 Å². The summed E-state index contributed by atoms with van der Waals surface area (Å²) in [7, 11) is 2.25. The van der Waals surface area contributed by atoms with Crippen LogP contribution in [0.5, 0.6) is 0 Å². The van der Waals surface area contributed by atoms with Crippen molar-refractivity contribution < 1.29 is 0 Å². The maximum atomic E-state index is 5.89. The first-order chi connectivity index (χ1) is 10.2. The van der Waals surface area contributed by atoms with E-state index in [1.807, 2.05) is 0 Å². The maximum Gasteiger partial charge on any atom is 0.0446 e. The van der Waals surface area contributed by atoms with Gasteiger partial charge in [0.05, 0.1) is 0 Å². The van der Waals surface area contributed by atoms with Gasteiger partial charge in [0.15, 0.2) is 0 Å². The average Bonchev–Trinajstić information content (AvgIpc) is 2.54. The van der Waals surface area contributed by atoms with Crippen LogP contribution in [0.25, 0.3) is 10.8 Å². The highest BCUT2D eigenvalue weighted by molar-refractivity contribution is 5.96. The molecule has 0 atom stereocenters. The van der Waals surface area contributed by atoms with Crippen LogP contribution in [0.3, 0.4) is 0 Å². The third kappa shape index (κ3) is 2.77. The molecule has 0 spiro atoms. The summed E-state index contributed by atoms with van der Waals surface area (Å²) in [6.45, 7) is 2.98. The number of benzene rings is 2. The summed E-state index contributed by atoms with van der Waals surface area (Å²) in [4.78, 5) is 2.49. The molecule has 2 N–H and O–H groups in total. The predicted molar refractivity (Wildman–Crippen MR) is 91.7 cm³/mol. The lowest BCUT2D eigenvalue weighted by Gasteiger charge is -2.35. The minimum atomic E-state index is 0.603. The van der Waals surface area contributed by atoms with Crippen molar-refractivity contribution >= 4 is 16.5 Å². The van der Waals surface area contributed by atoms with E-state index in [-0.39, 0.29) is 0 Å². The van der Waals surface area contributed by atoms with Gasteiger partial charge in [-0.1, -0.05) is 37.3 Å². The van der Waals surface area contributed by atoms with Gasteiger partial charge in [-0.15, -0.1) is 0 Å². The number of nitrogens with zero attached hydrogens (tertiary/aromatic N) is 1. The van der Waals surface area contributed by atoms with Gasteiger partial charge in [-0.25, -0.2) is 0 Å². The second kappa shape index (κ2) is 6.07. The molecule has 1 aliphatic carbocycles. The van der Waals surface area contributed by atoms with Crippen molar-refractivity contribution in [2.45, 2.75) is 45.2 Å². The molecule has 0 radical (unpaired) electrons. The topological polar surface area (TPSA) is 29.3 Å². The highest BCUT2D eigenvalue weighted by Gasteiger charge is 2.23. The first-order valence-corrected chi connectivity index (χ1v) is 8.14. The summed E-state index contributed by atoms with van der Waals surface area (Å²) in [5.41, 5.74) is 8.47. The molecule has 1 fully saturated rings. The Kier molecular flexibility index (Phi) is 4.16. The van der Waals surface area contributed by atoms with E-state index in [1.165, 1.54) is 47.7 Å². The number of anilines is 1. The van der Waals surface area contributed by atoms with E-state index in [2.05, 4.69) is 55.3 Å². The van der Waals surface area contributed by atoms with Crippen LogP contribution in [0.2, 0.25) is 0 Å². The fourth-order valence-corrected chi connectivity index (χ4v) is 3.66. The third-order valence-corrected chi connectivity index (χ3v) is 5.12. The Hall–Kier alpha value is -1.54. The molecule has 0 bridgehead atoms. The molecule has 3 rings (SSSR count). The lowest BCUT2D eigenvalue weighted by Crippen LogP contribution is -2.34. The van der Waals surface area contributed by atoms with Gasteiger partial charge >= 0.3 is 0 Å². The van der Waals surface area contributed by atoms with E-state index in [1.54, 1.807) is 0 Å². The van der Waals surface area contributed by atoms with E-state index < -0.39 is 0 Å². The van der Waals surface area contributed by atoms with Crippen LogP contribution in [-0.2, 0) is 6.54 Å². The van der Waals surface area contributed by atoms with E-state index in [0.29, 0.717) is 12.6 Å². The van der Waals surface area contributed by atoms with Crippen molar-refractivity contribution in [3.63, 3.8) is 0 Å². The zero-order chi connectivity index (χ0) is 14.8. The first-order valence-electron chi connectivity index (χ1n) is 8.14. The van der Waals surface area contributed by atoms with E-state index in [0.717, 1.165) is 5.92 Å². The highest BCUT2D eigenvalue weighted by atomic mass is 15.1. The van der Waals surface area contributed by atoms with Gasteiger partial charge in [0.1, 0.15) is 0 Å².